The summed E-state index contributed by atoms with van der Waals surface area (Å²) >= 11 is 0. The van der Waals surface area contributed by atoms with Crippen LogP contribution in [0.15, 0.2) is 73.4 Å². The summed E-state index contributed by atoms with van der Waals surface area (Å²) in [5.74, 6) is 0.273. The number of aromatic nitrogens is 7. The number of imidazole rings is 1. The van der Waals surface area contributed by atoms with Crippen LogP contribution in [0.25, 0.3) is 55.8 Å². The molecule has 1 aromatic carbocycles. The van der Waals surface area contributed by atoms with Crippen LogP contribution in [0.1, 0.15) is 0 Å². The van der Waals surface area contributed by atoms with Crippen LogP contribution in [0, 0.1) is 5.82 Å². The molecule has 0 aliphatic carbocycles. The third kappa shape index (κ3) is 2.93. The summed E-state index contributed by atoms with van der Waals surface area (Å²) in [5.41, 5.74) is 6.10. The minimum absolute atomic E-state index is 0.308. The van der Waals surface area contributed by atoms with Crippen molar-refractivity contribution < 1.29 is 4.39 Å². The summed E-state index contributed by atoms with van der Waals surface area (Å²) in [6.07, 6.45) is 8.69. The van der Waals surface area contributed by atoms with Crippen molar-refractivity contribution in [3.05, 3.63) is 79.3 Å². The zero-order valence-electron chi connectivity index (χ0n) is 16.0. The fourth-order valence-electron chi connectivity index (χ4n) is 3.69. The van der Waals surface area contributed by atoms with E-state index in [4.69, 9.17) is 4.98 Å². The Kier molecular flexibility index (Phi) is 3.82. The van der Waals surface area contributed by atoms with E-state index in [1.807, 2.05) is 24.3 Å². The molecule has 5 heterocycles. The van der Waals surface area contributed by atoms with Gasteiger partial charge in [-0.1, -0.05) is 18.2 Å². The third-order valence-electron chi connectivity index (χ3n) is 5.17. The highest BCUT2D eigenvalue weighted by atomic mass is 19.1. The predicted octanol–water partition coefficient (Wildman–Crippen LogP) is 4.76. The molecule has 2 N–H and O–H groups in total. The number of halogens is 1. The van der Waals surface area contributed by atoms with E-state index >= 15 is 0 Å². The van der Waals surface area contributed by atoms with Crippen LogP contribution in [0.3, 0.4) is 0 Å². The standard InChI is InChI=1S/C23H14FN7/c24-16-5-1-3-13(7-16)18-11-26-12-19-20(18)29-23(28-19)21-17-8-15(10-27-22(17)31-30-21)14-4-2-6-25-9-14/h1-12H,(H,28,29)(H,27,30,31). The van der Waals surface area contributed by atoms with Gasteiger partial charge < -0.3 is 4.98 Å². The molecule has 148 valence electrons. The number of benzene rings is 1. The van der Waals surface area contributed by atoms with Crippen LogP contribution in [-0.4, -0.2) is 35.1 Å². The molecule has 0 aliphatic rings. The van der Waals surface area contributed by atoms with Crippen molar-refractivity contribution in [3.8, 4) is 33.8 Å². The molecule has 5 aromatic heterocycles. The van der Waals surface area contributed by atoms with Crippen molar-refractivity contribution in [2.45, 2.75) is 0 Å². The normalized spacial score (nSPS) is 11.4. The van der Waals surface area contributed by atoms with E-state index in [0.717, 1.165) is 27.6 Å². The first-order chi connectivity index (χ1) is 15.3. The summed E-state index contributed by atoms with van der Waals surface area (Å²) in [5, 5.41) is 8.23. The lowest BCUT2D eigenvalue weighted by Crippen LogP contribution is -1.85. The maximum atomic E-state index is 13.8. The number of hydrogen-bond acceptors (Lipinski definition) is 5. The fraction of sp³-hybridized carbons (Fsp3) is 0. The number of H-pyrrole nitrogens is 2. The van der Waals surface area contributed by atoms with Gasteiger partial charge in [0.2, 0.25) is 0 Å². The van der Waals surface area contributed by atoms with Gasteiger partial charge in [0.05, 0.1) is 22.6 Å². The monoisotopic (exact) mass is 407 g/mol. The van der Waals surface area contributed by atoms with Gasteiger partial charge in [0.15, 0.2) is 11.5 Å². The molecule has 0 saturated heterocycles. The predicted molar refractivity (Wildman–Crippen MR) is 115 cm³/mol. The number of nitrogens with one attached hydrogen (secondary N) is 2. The zero-order chi connectivity index (χ0) is 20.8. The Balaban J connectivity index is 1.52. The molecule has 0 saturated carbocycles. The van der Waals surface area contributed by atoms with Gasteiger partial charge in [0.1, 0.15) is 11.5 Å². The Morgan fingerprint density at radius 2 is 1.77 bits per heavy atom. The van der Waals surface area contributed by atoms with E-state index in [9.17, 15) is 4.39 Å². The minimum atomic E-state index is -0.308. The Morgan fingerprint density at radius 1 is 0.839 bits per heavy atom. The Morgan fingerprint density at radius 3 is 2.65 bits per heavy atom. The molecule has 0 atom stereocenters. The van der Waals surface area contributed by atoms with Crippen LogP contribution in [0.5, 0.6) is 0 Å². The first kappa shape index (κ1) is 17.4. The quantitative estimate of drug-likeness (QED) is 0.441. The topological polar surface area (TPSA) is 96.0 Å². The maximum Gasteiger partial charge on any atom is 0.159 e. The van der Waals surface area contributed by atoms with Gasteiger partial charge in [-0.3, -0.25) is 15.1 Å². The average Bonchev–Trinajstić information content (AvgIpc) is 3.43. The molecule has 0 aliphatic heterocycles. The molecular weight excluding hydrogens is 393 g/mol. The smallest absolute Gasteiger partial charge is 0.159 e. The number of fused-ring (bicyclic) bond motifs is 2. The van der Waals surface area contributed by atoms with Crippen LogP contribution in [-0.2, 0) is 0 Å². The van der Waals surface area contributed by atoms with Crippen molar-refractivity contribution in [2.24, 2.45) is 0 Å². The van der Waals surface area contributed by atoms with E-state index < -0.39 is 0 Å². The fourth-order valence-corrected chi connectivity index (χ4v) is 3.69. The van der Waals surface area contributed by atoms with Gasteiger partial charge in [-0.25, -0.2) is 14.4 Å². The van der Waals surface area contributed by atoms with Crippen molar-refractivity contribution in [3.63, 3.8) is 0 Å². The van der Waals surface area contributed by atoms with Crippen LogP contribution < -0.4 is 0 Å². The largest absolute Gasteiger partial charge is 0.335 e. The van der Waals surface area contributed by atoms with E-state index in [1.54, 1.807) is 37.1 Å². The first-order valence-electron chi connectivity index (χ1n) is 9.61. The molecule has 6 rings (SSSR count). The summed E-state index contributed by atoms with van der Waals surface area (Å²) in [7, 11) is 0. The highest BCUT2D eigenvalue weighted by molar-refractivity contribution is 5.96. The number of hydrogen-bond donors (Lipinski definition) is 2. The van der Waals surface area contributed by atoms with Gasteiger partial charge >= 0.3 is 0 Å². The molecule has 7 nitrogen and oxygen atoms in total. The lowest BCUT2D eigenvalue weighted by Gasteiger charge is -2.01. The van der Waals surface area contributed by atoms with Crippen molar-refractivity contribution >= 4 is 22.1 Å². The van der Waals surface area contributed by atoms with Crippen LogP contribution >= 0.6 is 0 Å². The molecule has 0 spiro atoms. The summed E-state index contributed by atoms with van der Waals surface area (Å²) in [6.45, 7) is 0. The second-order valence-corrected chi connectivity index (χ2v) is 7.11. The van der Waals surface area contributed by atoms with E-state index in [1.165, 1.54) is 12.1 Å². The highest BCUT2D eigenvalue weighted by Crippen LogP contribution is 2.32. The highest BCUT2D eigenvalue weighted by Gasteiger charge is 2.17. The molecule has 0 fully saturated rings. The van der Waals surface area contributed by atoms with Crippen molar-refractivity contribution in [1.82, 2.24) is 35.1 Å². The van der Waals surface area contributed by atoms with Crippen molar-refractivity contribution in [1.29, 1.82) is 0 Å². The average molecular weight is 407 g/mol. The molecule has 6 aromatic rings. The molecule has 0 amide bonds. The second-order valence-electron chi connectivity index (χ2n) is 7.11. The molecule has 8 heteroatoms. The molecular formula is C23H14FN7. The maximum absolute atomic E-state index is 13.8. The number of pyridine rings is 3. The minimum Gasteiger partial charge on any atom is -0.335 e. The Hall–Kier alpha value is -4.46. The summed E-state index contributed by atoms with van der Waals surface area (Å²) in [6, 6.07) is 12.3. The third-order valence-corrected chi connectivity index (χ3v) is 5.17. The molecule has 0 unspecified atom stereocenters. The zero-order valence-corrected chi connectivity index (χ0v) is 16.0. The molecule has 0 bridgehead atoms. The summed E-state index contributed by atoms with van der Waals surface area (Å²) in [4.78, 5) is 21.0. The molecule has 31 heavy (non-hydrogen) atoms. The Labute approximate surface area is 175 Å². The van der Waals surface area contributed by atoms with Gasteiger partial charge in [0, 0.05) is 41.5 Å². The van der Waals surface area contributed by atoms with Gasteiger partial charge in [-0.05, 0) is 29.8 Å². The van der Waals surface area contributed by atoms with E-state index in [0.29, 0.717) is 28.2 Å². The lowest BCUT2D eigenvalue weighted by atomic mass is 10.1. The number of nitrogens with zero attached hydrogens (tertiary/aromatic N) is 5. The number of rotatable bonds is 3. The number of aromatic amines is 2. The first-order valence-corrected chi connectivity index (χ1v) is 9.61. The van der Waals surface area contributed by atoms with Crippen LogP contribution in [0.2, 0.25) is 0 Å². The van der Waals surface area contributed by atoms with Gasteiger partial charge in [-0.2, -0.15) is 5.10 Å². The van der Waals surface area contributed by atoms with Gasteiger partial charge in [0.25, 0.3) is 0 Å². The molecule has 0 radical (unpaired) electrons. The summed E-state index contributed by atoms with van der Waals surface area (Å²) < 4.78 is 13.8. The van der Waals surface area contributed by atoms with Gasteiger partial charge in [-0.15, -0.1) is 0 Å². The van der Waals surface area contributed by atoms with E-state index in [2.05, 4.69) is 30.1 Å². The van der Waals surface area contributed by atoms with Crippen molar-refractivity contribution in [2.75, 3.05) is 0 Å². The Bertz CT molecular complexity index is 1550. The lowest BCUT2D eigenvalue weighted by molar-refractivity contribution is 0.628. The van der Waals surface area contributed by atoms with E-state index in [-0.39, 0.29) is 5.82 Å². The second kappa shape index (κ2) is 6.81. The SMILES string of the molecule is Fc1cccc(-c2cncc3[nH]c(-c4n[nH]c5ncc(-c6cccnc6)cc45)nc23)c1. The van der Waals surface area contributed by atoms with Crippen LogP contribution in [0.4, 0.5) is 4.39 Å².